The lowest BCUT2D eigenvalue weighted by Crippen LogP contribution is -1.94. The van der Waals surface area contributed by atoms with Crippen molar-refractivity contribution in [1.29, 1.82) is 0 Å². The standard InChI is InChI=1S/C12H11Cl2NS/c1-8-10(14)3-2-4-11(8)15-12-7-16-6-9(12)5-13/h2-4,6-7,15H,5H2,1H3. The molecule has 0 saturated heterocycles. The van der Waals surface area contributed by atoms with Crippen molar-refractivity contribution >= 4 is 45.9 Å². The molecule has 0 fully saturated rings. The molecule has 1 aromatic heterocycles. The Labute approximate surface area is 109 Å². The van der Waals surface area contributed by atoms with Crippen molar-refractivity contribution in [1.82, 2.24) is 0 Å². The molecule has 0 radical (unpaired) electrons. The molecule has 1 heterocycles. The number of alkyl halides is 1. The van der Waals surface area contributed by atoms with E-state index >= 15 is 0 Å². The molecular weight excluding hydrogens is 261 g/mol. The van der Waals surface area contributed by atoms with E-state index in [2.05, 4.69) is 16.1 Å². The quantitative estimate of drug-likeness (QED) is 0.758. The molecule has 0 saturated carbocycles. The summed E-state index contributed by atoms with van der Waals surface area (Å²) in [4.78, 5) is 0. The fourth-order valence-electron chi connectivity index (χ4n) is 1.42. The number of hydrogen-bond donors (Lipinski definition) is 1. The van der Waals surface area contributed by atoms with Crippen LogP contribution in [-0.2, 0) is 5.88 Å². The maximum absolute atomic E-state index is 6.06. The Kier molecular flexibility index (Phi) is 3.74. The monoisotopic (exact) mass is 271 g/mol. The van der Waals surface area contributed by atoms with Gasteiger partial charge in [-0.3, -0.25) is 0 Å². The van der Waals surface area contributed by atoms with Crippen LogP contribution in [0.1, 0.15) is 11.1 Å². The molecule has 0 unspecified atom stereocenters. The molecule has 1 N–H and O–H groups in total. The van der Waals surface area contributed by atoms with Crippen LogP contribution in [0.25, 0.3) is 0 Å². The van der Waals surface area contributed by atoms with E-state index in [0.717, 1.165) is 27.5 Å². The minimum atomic E-state index is 0.519. The van der Waals surface area contributed by atoms with Crippen molar-refractivity contribution in [3.05, 3.63) is 45.1 Å². The Balaban J connectivity index is 2.30. The Morgan fingerprint density at radius 1 is 1.25 bits per heavy atom. The third kappa shape index (κ3) is 2.34. The molecule has 2 rings (SSSR count). The lowest BCUT2D eigenvalue weighted by molar-refractivity contribution is 1.39. The molecule has 0 amide bonds. The zero-order valence-electron chi connectivity index (χ0n) is 8.76. The summed E-state index contributed by atoms with van der Waals surface area (Å²) in [5.74, 6) is 0.519. The molecular formula is C12H11Cl2NS. The fourth-order valence-corrected chi connectivity index (χ4v) is 2.70. The molecule has 1 aromatic carbocycles. The topological polar surface area (TPSA) is 12.0 Å². The first kappa shape index (κ1) is 11.8. The molecule has 16 heavy (non-hydrogen) atoms. The lowest BCUT2D eigenvalue weighted by Gasteiger charge is -2.10. The number of rotatable bonds is 3. The van der Waals surface area contributed by atoms with Crippen LogP contribution in [0.3, 0.4) is 0 Å². The van der Waals surface area contributed by atoms with E-state index in [1.165, 1.54) is 0 Å². The average Bonchev–Trinajstić information content (AvgIpc) is 2.72. The molecule has 0 spiro atoms. The first-order valence-corrected chi connectivity index (χ1v) is 6.71. The van der Waals surface area contributed by atoms with Crippen LogP contribution in [0.15, 0.2) is 29.0 Å². The molecule has 4 heteroatoms. The maximum atomic E-state index is 6.06. The van der Waals surface area contributed by atoms with Crippen molar-refractivity contribution < 1.29 is 0 Å². The van der Waals surface area contributed by atoms with Gasteiger partial charge in [0.15, 0.2) is 0 Å². The highest BCUT2D eigenvalue weighted by Crippen LogP contribution is 2.30. The molecule has 0 aliphatic carbocycles. The van der Waals surface area contributed by atoms with Crippen molar-refractivity contribution in [2.24, 2.45) is 0 Å². The van der Waals surface area contributed by atoms with Crippen molar-refractivity contribution in [3.8, 4) is 0 Å². The van der Waals surface area contributed by atoms with Crippen molar-refractivity contribution in [3.63, 3.8) is 0 Å². The SMILES string of the molecule is Cc1c(Cl)cccc1Nc1cscc1CCl. The third-order valence-corrected chi connectivity index (χ3v) is 3.91. The first-order chi connectivity index (χ1) is 7.72. The van der Waals surface area contributed by atoms with E-state index in [1.807, 2.05) is 25.1 Å². The minimum Gasteiger partial charge on any atom is -0.354 e. The zero-order valence-corrected chi connectivity index (χ0v) is 11.1. The average molecular weight is 272 g/mol. The summed E-state index contributed by atoms with van der Waals surface area (Å²) < 4.78 is 0. The van der Waals surface area contributed by atoms with Crippen LogP contribution in [0.4, 0.5) is 11.4 Å². The molecule has 0 atom stereocenters. The highest BCUT2D eigenvalue weighted by atomic mass is 35.5. The minimum absolute atomic E-state index is 0.519. The highest BCUT2D eigenvalue weighted by molar-refractivity contribution is 7.08. The van der Waals surface area contributed by atoms with Gasteiger partial charge in [0.1, 0.15) is 0 Å². The maximum Gasteiger partial charge on any atom is 0.0537 e. The van der Waals surface area contributed by atoms with Gasteiger partial charge in [-0.15, -0.1) is 22.9 Å². The molecule has 84 valence electrons. The van der Waals surface area contributed by atoms with Gasteiger partial charge in [-0.25, -0.2) is 0 Å². The molecule has 0 bridgehead atoms. The Hall–Kier alpha value is -0.700. The second kappa shape index (κ2) is 5.09. The van der Waals surface area contributed by atoms with Gasteiger partial charge in [0.2, 0.25) is 0 Å². The summed E-state index contributed by atoms with van der Waals surface area (Å²) in [7, 11) is 0. The number of anilines is 2. The van der Waals surface area contributed by atoms with Crippen LogP contribution in [-0.4, -0.2) is 0 Å². The largest absolute Gasteiger partial charge is 0.354 e. The van der Waals surface area contributed by atoms with Gasteiger partial charge in [-0.1, -0.05) is 17.7 Å². The highest BCUT2D eigenvalue weighted by Gasteiger charge is 2.06. The number of hydrogen-bond acceptors (Lipinski definition) is 2. The predicted octanol–water partition coefficient (Wildman–Crippen LogP) is 5.19. The second-order valence-electron chi connectivity index (χ2n) is 3.48. The summed E-state index contributed by atoms with van der Waals surface area (Å²) in [5.41, 5.74) is 4.25. The number of nitrogens with one attached hydrogen (secondary N) is 1. The van der Waals surface area contributed by atoms with Crippen LogP contribution in [0.5, 0.6) is 0 Å². The van der Waals surface area contributed by atoms with E-state index in [4.69, 9.17) is 23.2 Å². The smallest absolute Gasteiger partial charge is 0.0537 e. The Bertz CT molecular complexity index is 494. The molecule has 2 aromatic rings. The van der Waals surface area contributed by atoms with Gasteiger partial charge in [0, 0.05) is 21.7 Å². The van der Waals surface area contributed by atoms with E-state index in [1.54, 1.807) is 11.3 Å². The Morgan fingerprint density at radius 3 is 2.81 bits per heavy atom. The molecule has 0 aliphatic rings. The summed E-state index contributed by atoms with van der Waals surface area (Å²) >= 11 is 13.6. The number of thiophene rings is 1. The van der Waals surface area contributed by atoms with Crippen LogP contribution in [0, 0.1) is 6.92 Å². The number of halogens is 2. The zero-order chi connectivity index (χ0) is 11.5. The van der Waals surface area contributed by atoms with Gasteiger partial charge in [0.25, 0.3) is 0 Å². The predicted molar refractivity (Wildman–Crippen MR) is 73.3 cm³/mol. The normalized spacial score (nSPS) is 10.4. The molecule has 0 aliphatic heterocycles. The summed E-state index contributed by atoms with van der Waals surface area (Å²) in [6, 6.07) is 5.83. The van der Waals surface area contributed by atoms with Crippen LogP contribution < -0.4 is 5.32 Å². The van der Waals surface area contributed by atoms with Crippen LogP contribution >= 0.6 is 34.5 Å². The Morgan fingerprint density at radius 2 is 2.06 bits per heavy atom. The van der Waals surface area contributed by atoms with E-state index < -0.39 is 0 Å². The third-order valence-electron chi connectivity index (χ3n) is 2.42. The number of benzene rings is 1. The van der Waals surface area contributed by atoms with E-state index in [9.17, 15) is 0 Å². The first-order valence-electron chi connectivity index (χ1n) is 4.85. The summed E-state index contributed by atoms with van der Waals surface area (Å²) in [6.45, 7) is 2.00. The summed E-state index contributed by atoms with van der Waals surface area (Å²) in [6.07, 6.45) is 0. The van der Waals surface area contributed by atoms with E-state index in [0.29, 0.717) is 5.88 Å². The van der Waals surface area contributed by atoms with Crippen LogP contribution in [0.2, 0.25) is 5.02 Å². The van der Waals surface area contributed by atoms with Gasteiger partial charge in [-0.05, 0) is 30.0 Å². The van der Waals surface area contributed by atoms with Gasteiger partial charge < -0.3 is 5.32 Å². The van der Waals surface area contributed by atoms with E-state index in [-0.39, 0.29) is 0 Å². The summed E-state index contributed by atoms with van der Waals surface area (Å²) in [5, 5.41) is 8.23. The fraction of sp³-hybridized carbons (Fsp3) is 0.167. The van der Waals surface area contributed by atoms with Crippen molar-refractivity contribution in [2.75, 3.05) is 5.32 Å². The van der Waals surface area contributed by atoms with Gasteiger partial charge in [-0.2, -0.15) is 0 Å². The second-order valence-corrected chi connectivity index (χ2v) is 4.90. The van der Waals surface area contributed by atoms with Gasteiger partial charge in [0.05, 0.1) is 11.6 Å². The molecule has 1 nitrogen and oxygen atoms in total. The van der Waals surface area contributed by atoms with Crippen molar-refractivity contribution in [2.45, 2.75) is 12.8 Å². The lowest BCUT2D eigenvalue weighted by atomic mass is 10.2. The van der Waals surface area contributed by atoms with Gasteiger partial charge >= 0.3 is 0 Å².